The lowest BCUT2D eigenvalue weighted by molar-refractivity contribution is -0.137. The Bertz CT molecular complexity index is 753. The highest BCUT2D eigenvalue weighted by Crippen LogP contribution is 2.23. The monoisotopic (exact) mass is 384 g/mol. The second-order valence-electron chi connectivity index (χ2n) is 8.16. The minimum Gasteiger partial charge on any atom is -0.342 e. The number of hydrogen-bond donors (Lipinski definition) is 0. The first-order valence-electron chi connectivity index (χ1n) is 11.1. The van der Waals surface area contributed by atoms with Gasteiger partial charge in [0.2, 0.25) is 5.91 Å². The molecule has 1 amide bonds. The Balaban J connectivity index is 1.55. The van der Waals surface area contributed by atoms with Crippen LogP contribution in [0.2, 0.25) is 0 Å². The Morgan fingerprint density at radius 3 is 2.36 bits per heavy atom. The number of rotatable bonds is 9. The summed E-state index contributed by atoms with van der Waals surface area (Å²) in [5.74, 6) is 1.70. The largest absolute Gasteiger partial charge is 0.342 e. The fourth-order valence-electron chi connectivity index (χ4n) is 4.16. The molecule has 28 heavy (non-hydrogen) atoms. The summed E-state index contributed by atoms with van der Waals surface area (Å²) in [5, 5.41) is 0. The summed E-state index contributed by atoms with van der Waals surface area (Å²) in [6.45, 7) is 9.07. The third-order valence-electron chi connectivity index (χ3n) is 6.06. The maximum atomic E-state index is 13.0. The van der Waals surface area contributed by atoms with Gasteiger partial charge in [0.05, 0.1) is 17.6 Å². The molecule has 0 N–H and O–H groups in total. The van der Waals surface area contributed by atoms with Crippen LogP contribution in [0.1, 0.15) is 58.2 Å². The van der Waals surface area contributed by atoms with Gasteiger partial charge in [-0.2, -0.15) is 0 Å². The number of benzene rings is 1. The average molecular weight is 385 g/mol. The molecule has 5 nitrogen and oxygen atoms in total. The normalized spacial score (nSPS) is 16.0. The van der Waals surface area contributed by atoms with Gasteiger partial charge < -0.3 is 9.47 Å². The Morgan fingerprint density at radius 1 is 1.11 bits per heavy atom. The van der Waals surface area contributed by atoms with Crippen LogP contribution in [0.4, 0.5) is 0 Å². The van der Waals surface area contributed by atoms with Crippen LogP contribution in [0.15, 0.2) is 24.3 Å². The van der Waals surface area contributed by atoms with Crippen LogP contribution in [0.3, 0.4) is 0 Å². The second kappa shape index (κ2) is 10.1. The third kappa shape index (κ3) is 4.93. The molecule has 1 aromatic carbocycles. The minimum atomic E-state index is 0.199. The van der Waals surface area contributed by atoms with E-state index in [4.69, 9.17) is 4.98 Å². The first-order chi connectivity index (χ1) is 13.6. The predicted molar refractivity (Wildman–Crippen MR) is 115 cm³/mol. The van der Waals surface area contributed by atoms with Gasteiger partial charge in [-0.25, -0.2) is 4.98 Å². The van der Waals surface area contributed by atoms with Gasteiger partial charge in [0.25, 0.3) is 0 Å². The zero-order valence-corrected chi connectivity index (χ0v) is 17.9. The number of unbranched alkanes of at least 4 members (excludes halogenated alkanes) is 2. The lowest BCUT2D eigenvalue weighted by Gasteiger charge is -2.34. The van der Waals surface area contributed by atoms with Crippen molar-refractivity contribution >= 4 is 16.9 Å². The molecule has 0 saturated carbocycles. The fourth-order valence-corrected chi connectivity index (χ4v) is 4.16. The second-order valence-corrected chi connectivity index (χ2v) is 8.16. The average Bonchev–Trinajstić information content (AvgIpc) is 3.04. The van der Waals surface area contributed by atoms with Crippen LogP contribution in [0, 0.1) is 5.92 Å². The van der Waals surface area contributed by atoms with E-state index in [9.17, 15) is 4.79 Å². The minimum absolute atomic E-state index is 0.199. The molecule has 3 rings (SSSR count). The van der Waals surface area contributed by atoms with Crippen molar-refractivity contribution in [1.29, 1.82) is 0 Å². The summed E-state index contributed by atoms with van der Waals surface area (Å²) < 4.78 is 2.20. The van der Waals surface area contributed by atoms with Gasteiger partial charge >= 0.3 is 0 Å². The molecule has 1 aliphatic rings. The number of hydrogen-bond acceptors (Lipinski definition) is 3. The van der Waals surface area contributed by atoms with E-state index in [1.807, 2.05) is 6.07 Å². The number of imidazole rings is 1. The maximum absolute atomic E-state index is 13.0. The van der Waals surface area contributed by atoms with Gasteiger partial charge in [-0.05, 0) is 50.9 Å². The molecule has 1 aliphatic heterocycles. The Hall–Kier alpha value is -1.88. The van der Waals surface area contributed by atoms with E-state index >= 15 is 0 Å². The number of piperidine rings is 1. The van der Waals surface area contributed by atoms with Crippen molar-refractivity contribution in [2.75, 3.05) is 26.2 Å². The number of carbonyl (C=O) groups excluding carboxylic acids is 1. The molecule has 1 aromatic heterocycles. The van der Waals surface area contributed by atoms with Crippen molar-refractivity contribution in [1.82, 2.24) is 19.4 Å². The van der Waals surface area contributed by atoms with E-state index in [-0.39, 0.29) is 5.92 Å². The smallest absolute Gasteiger partial charge is 0.225 e. The molecule has 0 bridgehead atoms. The summed E-state index contributed by atoms with van der Waals surface area (Å²) in [7, 11) is 2.10. The molecule has 2 aromatic rings. The number of aryl methyl sites for hydroxylation is 1. The van der Waals surface area contributed by atoms with Crippen molar-refractivity contribution in [2.24, 2.45) is 13.0 Å². The number of para-hydroxylation sites is 2. The summed E-state index contributed by atoms with van der Waals surface area (Å²) in [5.41, 5.74) is 2.25. The molecule has 0 atom stereocenters. The Kier molecular flexibility index (Phi) is 7.49. The zero-order chi connectivity index (χ0) is 19.9. The lowest BCUT2D eigenvalue weighted by Crippen LogP contribution is -2.43. The van der Waals surface area contributed by atoms with Crippen molar-refractivity contribution in [3.63, 3.8) is 0 Å². The number of aromatic nitrogens is 2. The van der Waals surface area contributed by atoms with E-state index in [0.29, 0.717) is 5.91 Å². The van der Waals surface area contributed by atoms with Crippen LogP contribution >= 0.6 is 0 Å². The maximum Gasteiger partial charge on any atom is 0.225 e. The summed E-state index contributed by atoms with van der Waals surface area (Å²) in [4.78, 5) is 22.4. The van der Waals surface area contributed by atoms with Crippen LogP contribution < -0.4 is 0 Å². The summed E-state index contributed by atoms with van der Waals surface area (Å²) in [6, 6.07) is 8.30. The van der Waals surface area contributed by atoms with Crippen molar-refractivity contribution in [3.05, 3.63) is 30.1 Å². The third-order valence-corrected chi connectivity index (χ3v) is 6.06. The molecule has 2 heterocycles. The highest BCUT2D eigenvalue weighted by molar-refractivity contribution is 5.79. The predicted octanol–water partition coefficient (Wildman–Crippen LogP) is 4.21. The van der Waals surface area contributed by atoms with Crippen molar-refractivity contribution in [2.45, 2.75) is 58.9 Å². The molecule has 0 unspecified atom stereocenters. The van der Waals surface area contributed by atoms with E-state index < -0.39 is 0 Å². The number of fused-ring (bicyclic) bond motifs is 1. The van der Waals surface area contributed by atoms with Gasteiger partial charge in [0.1, 0.15) is 5.82 Å². The first-order valence-corrected chi connectivity index (χ1v) is 11.1. The molecular weight excluding hydrogens is 348 g/mol. The molecule has 1 fully saturated rings. The highest BCUT2D eigenvalue weighted by Gasteiger charge is 2.28. The molecule has 5 heteroatoms. The molecule has 1 saturated heterocycles. The molecular formula is C23H36N4O. The molecule has 0 spiro atoms. The lowest BCUT2D eigenvalue weighted by atomic mass is 9.95. The van der Waals surface area contributed by atoms with E-state index in [1.165, 1.54) is 5.52 Å². The molecule has 0 radical (unpaired) electrons. The van der Waals surface area contributed by atoms with Gasteiger partial charge in [-0.15, -0.1) is 0 Å². The highest BCUT2D eigenvalue weighted by atomic mass is 16.2. The quantitative estimate of drug-likeness (QED) is 0.650. The Labute approximate surface area is 169 Å². The number of nitrogens with zero attached hydrogens (tertiary/aromatic N) is 4. The van der Waals surface area contributed by atoms with Crippen molar-refractivity contribution < 1.29 is 4.79 Å². The standard InChI is InChI=1S/C23H36N4O/c1-4-6-14-27(15-7-5-2)23(28)19-12-16-26(17-13-19)18-22-24-20-10-8-9-11-21(20)25(22)3/h8-11,19H,4-7,12-18H2,1-3H3. The van der Waals surface area contributed by atoms with Crippen LogP contribution in [-0.4, -0.2) is 51.4 Å². The van der Waals surface area contributed by atoms with Crippen LogP contribution in [-0.2, 0) is 18.4 Å². The summed E-state index contributed by atoms with van der Waals surface area (Å²) in [6.07, 6.45) is 6.45. The van der Waals surface area contributed by atoms with Crippen molar-refractivity contribution in [3.8, 4) is 0 Å². The van der Waals surface area contributed by atoms with E-state index in [1.54, 1.807) is 0 Å². The first kappa shape index (κ1) is 20.8. The number of amides is 1. The van der Waals surface area contributed by atoms with Gasteiger partial charge in [0.15, 0.2) is 0 Å². The van der Waals surface area contributed by atoms with Gasteiger partial charge in [0, 0.05) is 26.1 Å². The van der Waals surface area contributed by atoms with Crippen LogP contribution in [0.5, 0.6) is 0 Å². The van der Waals surface area contributed by atoms with Gasteiger partial charge in [-0.1, -0.05) is 38.8 Å². The summed E-state index contributed by atoms with van der Waals surface area (Å²) >= 11 is 0. The SMILES string of the molecule is CCCCN(CCCC)C(=O)C1CCN(Cc2nc3ccccc3n2C)CC1. The Morgan fingerprint density at radius 2 is 1.75 bits per heavy atom. The molecule has 154 valence electrons. The molecule has 0 aliphatic carbocycles. The number of carbonyl (C=O) groups is 1. The fraction of sp³-hybridized carbons (Fsp3) is 0.652. The van der Waals surface area contributed by atoms with Crippen LogP contribution in [0.25, 0.3) is 11.0 Å². The van der Waals surface area contributed by atoms with E-state index in [2.05, 4.69) is 53.5 Å². The topological polar surface area (TPSA) is 41.4 Å². The van der Waals surface area contributed by atoms with E-state index in [0.717, 1.165) is 82.6 Å². The zero-order valence-electron chi connectivity index (χ0n) is 17.9. The number of likely N-dealkylation sites (tertiary alicyclic amines) is 1. The van der Waals surface area contributed by atoms with Gasteiger partial charge in [-0.3, -0.25) is 9.69 Å².